The number of hydrogen-bond donors (Lipinski definition) is 1. The molecule has 6 nitrogen and oxygen atoms in total. The molecule has 0 saturated carbocycles. The lowest BCUT2D eigenvalue weighted by Gasteiger charge is -2.19. The van der Waals surface area contributed by atoms with Crippen molar-refractivity contribution in [2.24, 2.45) is 0 Å². The molecular weight excluding hydrogens is 282 g/mol. The van der Waals surface area contributed by atoms with Gasteiger partial charge in [-0.15, -0.1) is 0 Å². The van der Waals surface area contributed by atoms with Gasteiger partial charge in [-0.05, 0) is 19.7 Å². The Morgan fingerprint density at radius 2 is 1.95 bits per heavy atom. The van der Waals surface area contributed by atoms with Crippen molar-refractivity contribution in [2.45, 2.75) is 19.0 Å². The normalized spacial score (nSPS) is 18.0. The number of amides is 3. The number of likely N-dealkylation sites (tertiary alicyclic amines) is 1. The summed E-state index contributed by atoms with van der Waals surface area (Å²) < 4.78 is 0. The molecule has 3 amide bonds. The second kappa shape index (κ2) is 6.53. The lowest BCUT2D eigenvalue weighted by Crippen LogP contribution is -2.41. The average Bonchev–Trinajstić information content (AvgIpc) is 2.80. The van der Waals surface area contributed by atoms with Crippen molar-refractivity contribution in [1.82, 2.24) is 15.1 Å². The van der Waals surface area contributed by atoms with Gasteiger partial charge >= 0.3 is 0 Å². The monoisotopic (exact) mass is 301 g/mol. The zero-order valence-corrected chi connectivity index (χ0v) is 12.7. The predicted octanol–water partition coefficient (Wildman–Crippen LogP) is 0.506. The van der Waals surface area contributed by atoms with Gasteiger partial charge in [-0.3, -0.25) is 19.3 Å². The van der Waals surface area contributed by atoms with E-state index in [4.69, 9.17) is 0 Å². The van der Waals surface area contributed by atoms with Gasteiger partial charge in [-0.2, -0.15) is 0 Å². The zero-order chi connectivity index (χ0) is 16.3. The van der Waals surface area contributed by atoms with Crippen molar-refractivity contribution in [3.05, 3.63) is 48.2 Å². The van der Waals surface area contributed by atoms with Gasteiger partial charge in [0.2, 0.25) is 5.91 Å². The summed E-state index contributed by atoms with van der Waals surface area (Å²) in [5.41, 5.74) is 0.796. The number of nitrogens with zero attached hydrogens (tertiary/aromatic N) is 2. The molecule has 1 heterocycles. The first-order valence-electron chi connectivity index (χ1n) is 6.96. The van der Waals surface area contributed by atoms with Crippen LogP contribution in [-0.2, 0) is 20.9 Å². The fraction of sp³-hybridized carbons (Fsp3) is 0.312. The first-order chi connectivity index (χ1) is 10.4. The van der Waals surface area contributed by atoms with Gasteiger partial charge in [0.05, 0.1) is 12.5 Å². The van der Waals surface area contributed by atoms with E-state index in [2.05, 4.69) is 11.9 Å². The molecule has 1 N–H and O–H groups in total. The van der Waals surface area contributed by atoms with Crippen LogP contribution in [0.1, 0.15) is 12.0 Å². The molecule has 1 fully saturated rings. The molecule has 116 valence electrons. The van der Waals surface area contributed by atoms with Crippen LogP contribution in [0.4, 0.5) is 0 Å². The molecule has 0 spiro atoms. The van der Waals surface area contributed by atoms with E-state index in [0.717, 1.165) is 10.5 Å². The van der Waals surface area contributed by atoms with Gasteiger partial charge in [0.15, 0.2) is 0 Å². The van der Waals surface area contributed by atoms with E-state index in [1.807, 2.05) is 30.3 Å². The molecule has 0 bridgehead atoms. The first kappa shape index (κ1) is 15.9. The number of likely N-dealkylation sites (N-methyl/N-ethyl adjacent to an activating group) is 1. The molecule has 1 saturated heterocycles. The second-order valence-electron chi connectivity index (χ2n) is 5.37. The van der Waals surface area contributed by atoms with E-state index >= 15 is 0 Å². The summed E-state index contributed by atoms with van der Waals surface area (Å²) in [5, 5.41) is 2.66. The highest BCUT2D eigenvalue weighted by Gasteiger charge is 2.42. The predicted molar refractivity (Wildman–Crippen MR) is 81.4 cm³/mol. The van der Waals surface area contributed by atoms with E-state index < -0.39 is 23.8 Å². The van der Waals surface area contributed by atoms with Crippen LogP contribution in [0.5, 0.6) is 0 Å². The van der Waals surface area contributed by atoms with E-state index in [9.17, 15) is 14.4 Å². The molecule has 22 heavy (non-hydrogen) atoms. The fourth-order valence-corrected chi connectivity index (χ4v) is 2.28. The summed E-state index contributed by atoms with van der Waals surface area (Å²) >= 11 is 0. The van der Waals surface area contributed by atoms with Gasteiger partial charge in [0.25, 0.3) is 11.8 Å². The Kier molecular flexibility index (Phi) is 4.72. The quantitative estimate of drug-likeness (QED) is 0.635. The third-order valence-corrected chi connectivity index (χ3v) is 3.57. The number of nitrogens with one attached hydrogen (secondary N) is 1. The number of carbonyl (C=O) groups excluding carboxylic acids is 3. The third kappa shape index (κ3) is 3.23. The maximum Gasteiger partial charge on any atom is 0.268 e. The first-order valence-corrected chi connectivity index (χ1v) is 6.96. The molecule has 1 atom stereocenters. The standard InChI is InChI=1S/C16H19N3O3/c1-11(15(21)17-10-12-7-5-4-6-8-12)19-14(20)9-13(16(19)22)18(2)3/h4-8,13H,1,9-10H2,2-3H3,(H,17,21)/t13-/m1/s1. The van der Waals surface area contributed by atoms with Crippen molar-refractivity contribution in [3.8, 4) is 0 Å². The molecular formula is C16H19N3O3. The van der Waals surface area contributed by atoms with E-state index in [0.29, 0.717) is 6.54 Å². The van der Waals surface area contributed by atoms with Gasteiger partial charge in [0, 0.05) is 6.54 Å². The summed E-state index contributed by atoms with van der Waals surface area (Å²) in [6.45, 7) is 3.91. The van der Waals surface area contributed by atoms with Crippen LogP contribution in [-0.4, -0.2) is 47.7 Å². The van der Waals surface area contributed by atoms with Gasteiger partial charge in [0.1, 0.15) is 5.70 Å². The largest absolute Gasteiger partial charge is 0.347 e. The maximum atomic E-state index is 12.2. The minimum absolute atomic E-state index is 0.0663. The van der Waals surface area contributed by atoms with Crippen LogP contribution in [0, 0.1) is 0 Å². The van der Waals surface area contributed by atoms with Crippen LogP contribution in [0.3, 0.4) is 0 Å². The molecule has 0 radical (unpaired) electrons. The summed E-state index contributed by atoms with van der Waals surface area (Å²) in [7, 11) is 3.44. The molecule has 2 rings (SSSR count). The molecule has 6 heteroatoms. The topological polar surface area (TPSA) is 69.7 Å². The van der Waals surface area contributed by atoms with Crippen LogP contribution in [0.15, 0.2) is 42.6 Å². The number of rotatable bonds is 5. The van der Waals surface area contributed by atoms with Crippen LogP contribution >= 0.6 is 0 Å². The van der Waals surface area contributed by atoms with Gasteiger partial charge in [-0.1, -0.05) is 36.9 Å². The van der Waals surface area contributed by atoms with Gasteiger partial charge < -0.3 is 5.32 Å². The minimum Gasteiger partial charge on any atom is -0.347 e. The van der Waals surface area contributed by atoms with Crippen molar-refractivity contribution < 1.29 is 14.4 Å². The molecule has 1 aliphatic rings. The number of carbonyl (C=O) groups is 3. The second-order valence-corrected chi connectivity index (χ2v) is 5.37. The SMILES string of the molecule is C=C(C(=O)NCc1ccccc1)N1C(=O)C[C@@H](N(C)C)C1=O. The van der Waals surface area contributed by atoms with E-state index in [1.54, 1.807) is 19.0 Å². The molecule has 0 aliphatic carbocycles. The van der Waals surface area contributed by atoms with Crippen molar-refractivity contribution in [3.63, 3.8) is 0 Å². The molecule has 0 aromatic heterocycles. The fourth-order valence-electron chi connectivity index (χ4n) is 2.28. The summed E-state index contributed by atoms with van der Waals surface area (Å²) in [6.07, 6.45) is 0.0663. The Bertz CT molecular complexity index is 610. The number of benzene rings is 1. The lowest BCUT2D eigenvalue weighted by molar-refractivity contribution is -0.139. The Morgan fingerprint density at radius 3 is 2.50 bits per heavy atom. The van der Waals surface area contributed by atoms with E-state index in [-0.39, 0.29) is 12.1 Å². The zero-order valence-electron chi connectivity index (χ0n) is 12.7. The molecule has 1 aromatic rings. The smallest absolute Gasteiger partial charge is 0.268 e. The van der Waals surface area contributed by atoms with E-state index in [1.165, 1.54) is 0 Å². The van der Waals surface area contributed by atoms with Crippen LogP contribution < -0.4 is 5.32 Å². The minimum atomic E-state index is -0.536. The molecule has 0 unspecified atom stereocenters. The molecule has 1 aliphatic heterocycles. The van der Waals surface area contributed by atoms with Gasteiger partial charge in [-0.25, -0.2) is 4.90 Å². The van der Waals surface area contributed by atoms with Crippen molar-refractivity contribution in [1.29, 1.82) is 0 Å². The van der Waals surface area contributed by atoms with Crippen LogP contribution in [0.2, 0.25) is 0 Å². The van der Waals surface area contributed by atoms with Crippen molar-refractivity contribution in [2.75, 3.05) is 14.1 Å². The Hall–Kier alpha value is -2.47. The molecule has 1 aromatic carbocycles. The average molecular weight is 301 g/mol. The summed E-state index contributed by atoms with van der Waals surface area (Å²) in [4.78, 5) is 38.8. The Morgan fingerprint density at radius 1 is 1.32 bits per heavy atom. The Labute approximate surface area is 129 Å². The highest BCUT2D eigenvalue weighted by atomic mass is 16.2. The summed E-state index contributed by atoms with van der Waals surface area (Å²) in [6, 6.07) is 8.82. The highest BCUT2D eigenvalue weighted by Crippen LogP contribution is 2.20. The summed E-state index contributed by atoms with van der Waals surface area (Å²) in [5.74, 6) is -1.33. The highest BCUT2D eigenvalue weighted by molar-refractivity contribution is 6.12. The number of imide groups is 1. The van der Waals surface area contributed by atoms with Crippen molar-refractivity contribution >= 4 is 17.7 Å². The number of hydrogen-bond acceptors (Lipinski definition) is 4. The Balaban J connectivity index is 2.00. The third-order valence-electron chi connectivity index (χ3n) is 3.57. The van der Waals surface area contributed by atoms with Crippen LogP contribution in [0.25, 0.3) is 0 Å². The maximum absolute atomic E-state index is 12.2. The lowest BCUT2D eigenvalue weighted by atomic mass is 10.2.